The number of rotatable bonds is 7. The molecule has 0 aliphatic rings. The molecule has 2 N–H and O–H groups in total. The molecule has 0 spiro atoms. The van der Waals surface area contributed by atoms with Gasteiger partial charge in [-0.3, -0.25) is 4.79 Å². The van der Waals surface area contributed by atoms with Crippen LogP contribution in [0.25, 0.3) is 21.8 Å². The summed E-state index contributed by atoms with van der Waals surface area (Å²) in [6, 6.07) is 10.0. The molecule has 0 bridgehead atoms. The molecule has 0 atom stereocenters. The Labute approximate surface area is 176 Å². The van der Waals surface area contributed by atoms with Crippen LogP contribution in [0, 0.1) is 5.82 Å². The third-order valence-corrected chi connectivity index (χ3v) is 5.59. The van der Waals surface area contributed by atoms with Crippen LogP contribution in [-0.4, -0.2) is 41.1 Å². The van der Waals surface area contributed by atoms with Crippen LogP contribution in [-0.2, 0) is 11.3 Å². The van der Waals surface area contributed by atoms with E-state index in [9.17, 15) is 9.18 Å². The number of hydrogen-bond donors (Lipinski definition) is 2. The van der Waals surface area contributed by atoms with Gasteiger partial charge in [-0.25, -0.2) is 4.39 Å². The predicted molar refractivity (Wildman–Crippen MR) is 113 cm³/mol. The summed E-state index contributed by atoms with van der Waals surface area (Å²) in [5, 5.41) is 13.1. The fourth-order valence-electron chi connectivity index (χ4n) is 3.15. The Hall–Kier alpha value is -3.33. The Bertz CT molecular complexity index is 1230. The van der Waals surface area contributed by atoms with E-state index in [0.29, 0.717) is 23.1 Å². The number of H-pyrrole nitrogens is 1. The zero-order valence-corrected chi connectivity index (χ0v) is 17.2. The van der Waals surface area contributed by atoms with Crippen LogP contribution < -0.4 is 14.8 Å². The topological polar surface area (TPSA) is 89.1 Å². The normalized spacial score (nSPS) is 11.0. The largest absolute Gasteiger partial charge is 0.493 e. The fraction of sp³-hybridized carbons (Fsp3) is 0.190. The summed E-state index contributed by atoms with van der Waals surface area (Å²) in [7, 11) is 3.14. The first-order valence-corrected chi connectivity index (χ1v) is 10.1. The third-order valence-electron chi connectivity index (χ3n) is 4.63. The minimum Gasteiger partial charge on any atom is -0.493 e. The highest BCUT2D eigenvalue weighted by Crippen LogP contribution is 2.31. The molecule has 7 nitrogen and oxygen atoms in total. The highest BCUT2D eigenvalue weighted by Gasteiger charge is 2.13. The molecule has 0 saturated heterocycles. The number of thioether (sulfide) groups is 1. The number of aromatic amines is 1. The number of nitrogens with zero attached hydrogens (tertiary/aromatic N) is 2. The van der Waals surface area contributed by atoms with Crippen molar-refractivity contribution in [1.29, 1.82) is 0 Å². The lowest BCUT2D eigenvalue weighted by molar-refractivity contribution is -0.118. The Morgan fingerprint density at radius 2 is 1.97 bits per heavy atom. The SMILES string of the molecule is COc1ccc(CNC(=O)CSc2nncc3c2[nH]c2ccc(F)cc23)cc1OC. The minimum atomic E-state index is -0.316. The molecule has 154 valence electrons. The first-order chi connectivity index (χ1) is 14.6. The summed E-state index contributed by atoms with van der Waals surface area (Å²) >= 11 is 1.27. The Morgan fingerprint density at radius 1 is 1.13 bits per heavy atom. The second-order valence-corrected chi connectivity index (χ2v) is 7.47. The van der Waals surface area contributed by atoms with E-state index in [-0.39, 0.29) is 17.5 Å². The molecule has 0 unspecified atom stereocenters. The standard InChI is InChI=1S/C21H19FN4O3S/c1-28-17-6-3-12(7-18(17)29-2)9-23-19(27)11-30-21-20-15(10-24-26-21)14-8-13(22)4-5-16(14)25-20/h3-8,10,25H,9,11H2,1-2H3,(H,23,27). The highest BCUT2D eigenvalue weighted by atomic mass is 32.2. The van der Waals surface area contributed by atoms with Crippen molar-refractivity contribution < 1.29 is 18.7 Å². The van der Waals surface area contributed by atoms with E-state index >= 15 is 0 Å². The molecule has 4 rings (SSSR count). The first kappa shape index (κ1) is 20.0. The molecule has 30 heavy (non-hydrogen) atoms. The maximum absolute atomic E-state index is 13.6. The summed E-state index contributed by atoms with van der Waals surface area (Å²) in [6.45, 7) is 0.362. The van der Waals surface area contributed by atoms with Gasteiger partial charge in [0.2, 0.25) is 5.91 Å². The molecule has 2 aromatic carbocycles. The van der Waals surface area contributed by atoms with Crippen LogP contribution in [0.5, 0.6) is 11.5 Å². The summed E-state index contributed by atoms with van der Waals surface area (Å²) < 4.78 is 24.1. The average molecular weight is 426 g/mol. The summed E-state index contributed by atoms with van der Waals surface area (Å²) in [5.74, 6) is 0.952. The van der Waals surface area contributed by atoms with Crippen LogP contribution >= 0.6 is 11.8 Å². The van der Waals surface area contributed by atoms with Crippen LogP contribution in [0.3, 0.4) is 0 Å². The smallest absolute Gasteiger partial charge is 0.230 e. The molecule has 1 amide bonds. The second-order valence-electron chi connectivity index (χ2n) is 6.51. The van der Waals surface area contributed by atoms with E-state index in [1.54, 1.807) is 32.5 Å². The maximum atomic E-state index is 13.6. The molecule has 0 fully saturated rings. The average Bonchev–Trinajstić information content (AvgIpc) is 3.14. The maximum Gasteiger partial charge on any atom is 0.230 e. The van der Waals surface area contributed by atoms with E-state index in [1.165, 1.54) is 23.9 Å². The van der Waals surface area contributed by atoms with Crippen molar-refractivity contribution in [3.8, 4) is 11.5 Å². The molecular weight excluding hydrogens is 407 g/mol. The van der Waals surface area contributed by atoms with E-state index in [4.69, 9.17) is 9.47 Å². The molecule has 0 aliphatic heterocycles. The molecule has 0 saturated carbocycles. The number of carbonyl (C=O) groups excluding carboxylic acids is 1. The minimum absolute atomic E-state index is 0.143. The number of fused-ring (bicyclic) bond motifs is 3. The summed E-state index contributed by atoms with van der Waals surface area (Å²) in [4.78, 5) is 15.6. The molecule has 4 aromatic rings. The molecule has 2 heterocycles. The lowest BCUT2D eigenvalue weighted by Crippen LogP contribution is -2.24. The number of nitrogens with one attached hydrogen (secondary N) is 2. The summed E-state index contributed by atoms with van der Waals surface area (Å²) in [5.41, 5.74) is 2.43. The number of aromatic nitrogens is 3. The highest BCUT2D eigenvalue weighted by molar-refractivity contribution is 8.00. The molecule has 0 aliphatic carbocycles. The van der Waals surface area contributed by atoms with Crippen LogP contribution in [0.15, 0.2) is 47.6 Å². The molecular formula is C21H19FN4O3S. The molecule has 2 aromatic heterocycles. The van der Waals surface area contributed by atoms with Crippen molar-refractivity contribution in [2.45, 2.75) is 11.6 Å². The number of amides is 1. The van der Waals surface area contributed by atoms with Gasteiger partial charge in [0.1, 0.15) is 10.8 Å². The van der Waals surface area contributed by atoms with Gasteiger partial charge in [-0.15, -0.1) is 5.10 Å². The number of benzene rings is 2. The Balaban J connectivity index is 1.43. The predicted octanol–water partition coefficient (Wildman–Crippen LogP) is 3.68. The zero-order valence-electron chi connectivity index (χ0n) is 16.4. The van der Waals surface area contributed by atoms with Gasteiger partial charge in [-0.2, -0.15) is 5.10 Å². The van der Waals surface area contributed by atoms with E-state index in [0.717, 1.165) is 27.4 Å². The number of halogens is 1. The number of hydrogen-bond acceptors (Lipinski definition) is 6. The van der Waals surface area contributed by atoms with Crippen molar-refractivity contribution in [1.82, 2.24) is 20.5 Å². The monoisotopic (exact) mass is 426 g/mol. The lowest BCUT2D eigenvalue weighted by Gasteiger charge is -2.10. The van der Waals surface area contributed by atoms with Gasteiger partial charge in [-0.1, -0.05) is 17.8 Å². The van der Waals surface area contributed by atoms with Gasteiger partial charge in [-0.05, 0) is 35.9 Å². The lowest BCUT2D eigenvalue weighted by atomic mass is 10.2. The van der Waals surface area contributed by atoms with Crippen LogP contribution in [0.2, 0.25) is 0 Å². The van der Waals surface area contributed by atoms with Gasteiger partial charge in [0, 0.05) is 22.8 Å². The fourth-order valence-corrected chi connectivity index (χ4v) is 3.93. The van der Waals surface area contributed by atoms with Gasteiger partial charge >= 0.3 is 0 Å². The van der Waals surface area contributed by atoms with Crippen molar-refractivity contribution >= 4 is 39.5 Å². The zero-order chi connectivity index (χ0) is 21.1. The Morgan fingerprint density at radius 3 is 2.77 bits per heavy atom. The van der Waals surface area contributed by atoms with E-state index in [1.807, 2.05) is 12.1 Å². The van der Waals surface area contributed by atoms with Gasteiger partial charge in [0.15, 0.2) is 11.5 Å². The molecule has 9 heteroatoms. The Kier molecular flexibility index (Phi) is 5.71. The quantitative estimate of drug-likeness (QED) is 0.438. The number of carbonyl (C=O) groups is 1. The van der Waals surface area contributed by atoms with Gasteiger partial charge in [0.25, 0.3) is 0 Å². The van der Waals surface area contributed by atoms with Crippen molar-refractivity contribution in [2.24, 2.45) is 0 Å². The second kappa shape index (κ2) is 8.58. The van der Waals surface area contributed by atoms with Crippen molar-refractivity contribution in [3.05, 3.63) is 54.0 Å². The van der Waals surface area contributed by atoms with E-state index in [2.05, 4.69) is 20.5 Å². The van der Waals surface area contributed by atoms with Crippen LogP contribution in [0.4, 0.5) is 4.39 Å². The number of methoxy groups -OCH3 is 2. The van der Waals surface area contributed by atoms with Crippen molar-refractivity contribution in [3.63, 3.8) is 0 Å². The van der Waals surface area contributed by atoms with E-state index < -0.39 is 0 Å². The van der Waals surface area contributed by atoms with Gasteiger partial charge < -0.3 is 19.8 Å². The van der Waals surface area contributed by atoms with Crippen molar-refractivity contribution in [2.75, 3.05) is 20.0 Å². The molecule has 0 radical (unpaired) electrons. The van der Waals surface area contributed by atoms with Crippen LogP contribution in [0.1, 0.15) is 5.56 Å². The third kappa shape index (κ3) is 4.02. The summed E-state index contributed by atoms with van der Waals surface area (Å²) in [6.07, 6.45) is 1.59. The van der Waals surface area contributed by atoms with Gasteiger partial charge in [0.05, 0.1) is 31.7 Å². The number of ether oxygens (including phenoxy) is 2. The first-order valence-electron chi connectivity index (χ1n) is 9.12.